The molecule has 2 heterocycles. The summed E-state index contributed by atoms with van der Waals surface area (Å²) >= 11 is 1.12. The van der Waals surface area contributed by atoms with E-state index >= 15 is 0 Å². The molecule has 0 radical (unpaired) electrons. The van der Waals surface area contributed by atoms with Gasteiger partial charge in [-0.2, -0.15) is 0 Å². The second kappa shape index (κ2) is 8.05. The van der Waals surface area contributed by atoms with Crippen molar-refractivity contribution in [2.75, 3.05) is 5.32 Å². The maximum Gasteiger partial charge on any atom is 0.375 e. The normalized spacial score (nSPS) is 11.6. The molecule has 1 aromatic carbocycles. The van der Waals surface area contributed by atoms with E-state index in [-0.39, 0.29) is 22.1 Å². The molecule has 0 spiro atoms. The number of nitrogens with two attached hydrogens (primary N) is 1. The number of benzene rings is 1. The Bertz CT molecular complexity index is 1030. The standard InChI is InChI=1S/C19H15FN2O5S/c1-10(17(24)22-18-13(16(21)23)8-9-28-18)26-19(25)15-7-6-14(27-15)11-2-4-12(20)5-3-11/h2-10H,1H3,(H2,21,23)(H,22,24)/t10-/m1/s1. The predicted molar refractivity (Wildman–Crippen MR) is 100 cm³/mol. The number of hydrogen-bond donors (Lipinski definition) is 2. The van der Waals surface area contributed by atoms with Crippen LogP contribution < -0.4 is 11.1 Å². The molecule has 3 N–H and O–H groups in total. The highest BCUT2D eigenvalue weighted by Gasteiger charge is 2.23. The van der Waals surface area contributed by atoms with E-state index in [2.05, 4.69) is 5.32 Å². The maximum absolute atomic E-state index is 13.0. The Kier molecular flexibility index (Phi) is 5.55. The van der Waals surface area contributed by atoms with E-state index < -0.39 is 23.9 Å². The van der Waals surface area contributed by atoms with Gasteiger partial charge in [0, 0.05) is 5.56 Å². The van der Waals surface area contributed by atoms with E-state index in [4.69, 9.17) is 14.9 Å². The minimum absolute atomic E-state index is 0.104. The summed E-state index contributed by atoms with van der Waals surface area (Å²) < 4.78 is 23.5. The van der Waals surface area contributed by atoms with E-state index in [9.17, 15) is 18.8 Å². The molecule has 144 valence electrons. The zero-order chi connectivity index (χ0) is 20.3. The summed E-state index contributed by atoms with van der Waals surface area (Å²) in [5.74, 6) is -2.27. The topological polar surface area (TPSA) is 112 Å². The average Bonchev–Trinajstić information content (AvgIpc) is 3.31. The smallest absolute Gasteiger partial charge is 0.375 e. The zero-order valence-corrected chi connectivity index (χ0v) is 15.4. The quantitative estimate of drug-likeness (QED) is 0.614. The fourth-order valence-corrected chi connectivity index (χ4v) is 3.10. The highest BCUT2D eigenvalue weighted by molar-refractivity contribution is 7.14. The lowest BCUT2D eigenvalue weighted by Gasteiger charge is -2.12. The Morgan fingerprint density at radius 1 is 1.14 bits per heavy atom. The van der Waals surface area contributed by atoms with Gasteiger partial charge in [0.05, 0.1) is 5.56 Å². The second-order valence-electron chi connectivity index (χ2n) is 5.74. The number of carbonyl (C=O) groups excluding carboxylic acids is 3. The highest BCUT2D eigenvalue weighted by atomic mass is 32.1. The van der Waals surface area contributed by atoms with Crippen molar-refractivity contribution in [1.82, 2.24) is 0 Å². The van der Waals surface area contributed by atoms with Gasteiger partial charge in [-0.05, 0) is 54.8 Å². The molecule has 0 unspecified atom stereocenters. The third-order valence-electron chi connectivity index (χ3n) is 3.76. The summed E-state index contributed by atoms with van der Waals surface area (Å²) in [4.78, 5) is 35.7. The number of rotatable bonds is 6. The van der Waals surface area contributed by atoms with Gasteiger partial charge in [-0.1, -0.05) is 0 Å². The van der Waals surface area contributed by atoms with Crippen molar-refractivity contribution in [2.24, 2.45) is 5.73 Å². The predicted octanol–water partition coefficient (Wildman–Crippen LogP) is 3.43. The van der Waals surface area contributed by atoms with Crippen molar-refractivity contribution >= 4 is 34.1 Å². The third kappa shape index (κ3) is 4.26. The SMILES string of the molecule is C[C@@H](OC(=O)c1ccc(-c2ccc(F)cc2)o1)C(=O)Nc1sccc1C(N)=O. The molecule has 0 aliphatic carbocycles. The lowest BCUT2D eigenvalue weighted by atomic mass is 10.2. The number of halogens is 1. The van der Waals surface area contributed by atoms with Crippen LogP contribution in [0.1, 0.15) is 27.8 Å². The molecule has 9 heteroatoms. The van der Waals surface area contributed by atoms with Crippen LogP contribution in [0.3, 0.4) is 0 Å². The number of esters is 1. The number of furan rings is 1. The molecule has 3 aromatic rings. The van der Waals surface area contributed by atoms with Crippen molar-refractivity contribution in [3.8, 4) is 11.3 Å². The molecule has 0 bridgehead atoms. The first-order valence-electron chi connectivity index (χ1n) is 8.10. The number of nitrogens with one attached hydrogen (secondary N) is 1. The van der Waals surface area contributed by atoms with Crippen LogP contribution in [0.4, 0.5) is 9.39 Å². The maximum atomic E-state index is 13.0. The molecule has 28 heavy (non-hydrogen) atoms. The number of carbonyl (C=O) groups is 3. The van der Waals surface area contributed by atoms with Crippen LogP contribution in [0.15, 0.2) is 52.3 Å². The van der Waals surface area contributed by atoms with Crippen LogP contribution in [0.25, 0.3) is 11.3 Å². The molecule has 2 aromatic heterocycles. The van der Waals surface area contributed by atoms with Gasteiger partial charge in [0.2, 0.25) is 5.76 Å². The second-order valence-corrected chi connectivity index (χ2v) is 6.65. The number of ether oxygens (including phenoxy) is 1. The van der Waals surface area contributed by atoms with Crippen LogP contribution >= 0.6 is 11.3 Å². The van der Waals surface area contributed by atoms with Gasteiger partial charge in [0.25, 0.3) is 11.8 Å². The van der Waals surface area contributed by atoms with Crippen molar-refractivity contribution < 1.29 is 27.9 Å². The first-order valence-corrected chi connectivity index (χ1v) is 8.98. The molecule has 0 saturated carbocycles. The average molecular weight is 402 g/mol. The van der Waals surface area contributed by atoms with E-state index in [1.54, 1.807) is 11.4 Å². The molecular formula is C19H15FN2O5S. The summed E-state index contributed by atoms with van der Waals surface area (Å²) in [7, 11) is 0. The van der Waals surface area contributed by atoms with Gasteiger partial charge in [-0.25, -0.2) is 9.18 Å². The van der Waals surface area contributed by atoms with Gasteiger partial charge < -0.3 is 20.2 Å². The van der Waals surface area contributed by atoms with Crippen LogP contribution in [0, 0.1) is 5.82 Å². The van der Waals surface area contributed by atoms with Gasteiger partial charge in [0.1, 0.15) is 16.6 Å². The zero-order valence-electron chi connectivity index (χ0n) is 14.6. The van der Waals surface area contributed by atoms with Gasteiger partial charge >= 0.3 is 5.97 Å². The Hall–Kier alpha value is -3.46. The number of amides is 2. The Labute approximate surface area is 162 Å². The van der Waals surface area contributed by atoms with Crippen molar-refractivity contribution in [3.05, 3.63) is 65.0 Å². The van der Waals surface area contributed by atoms with Gasteiger partial charge in [0.15, 0.2) is 6.10 Å². The van der Waals surface area contributed by atoms with Crippen molar-refractivity contribution in [3.63, 3.8) is 0 Å². The van der Waals surface area contributed by atoms with Crippen molar-refractivity contribution in [2.45, 2.75) is 13.0 Å². The van der Waals surface area contributed by atoms with E-state index in [1.165, 1.54) is 43.3 Å². The molecule has 7 nitrogen and oxygen atoms in total. The third-order valence-corrected chi connectivity index (χ3v) is 4.59. The van der Waals surface area contributed by atoms with Crippen LogP contribution in [-0.2, 0) is 9.53 Å². The van der Waals surface area contributed by atoms with Gasteiger partial charge in [-0.15, -0.1) is 11.3 Å². The largest absolute Gasteiger partial charge is 0.449 e. The molecule has 1 atom stereocenters. The summed E-state index contributed by atoms with van der Waals surface area (Å²) in [5, 5.41) is 4.38. The monoisotopic (exact) mass is 402 g/mol. The summed E-state index contributed by atoms with van der Waals surface area (Å²) in [6, 6.07) is 9.99. The number of thiophene rings is 1. The fourth-order valence-electron chi connectivity index (χ4n) is 2.30. The molecular weight excluding hydrogens is 387 g/mol. The fraction of sp³-hybridized carbons (Fsp3) is 0.105. The molecule has 0 aliphatic heterocycles. The van der Waals surface area contributed by atoms with Crippen LogP contribution in [0.2, 0.25) is 0 Å². The lowest BCUT2D eigenvalue weighted by molar-refractivity contribution is -0.123. The molecule has 3 rings (SSSR count). The molecule has 0 saturated heterocycles. The van der Waals surface area contributed by atoms with E-state index in [0.717, 1.165) is 11.3 Å². The first kappa shape index (κ1) is 19.3. The summed E-state index contributed by atoms with van der Waals surface area (Å²) in [6.07, 6.45) is -1.14. The Morgan fingerprint density at radius 2 is 1.86 bits per heavy atom. The Morgan fingerprint density at radius 3 is 2.54 bits per heavy atom. The van der Waals surface area contributed by atoms with Crippen LogP contribution in [0.5, 0.6) is 0 Å². The van der Waals surface area contributed by atoms with E-state index in [1.807, 2.05) is 0 Å². The highest BCUT2D eigenvalue weighted by Crippen LogP contribution is 2.24. The van der Waals surface area contributed by atoms with Crippen molar-refractivity contribution in [1.29, 1.82) is 0 Å². The molecule has 2 amide bonds. The number of hydrogen-bond acceptors (Lipinski definition) is 6. The first-order chi connectivity index (χ1) is 13.3. The van der Waals surface area contributed by atoms with Gasteiger partial charge in [-0.3, -0.25) is 9.59 Å². The summed E-state index contributed by atoms with van der Waals surface area (Å²) in [6.45, 7) is 1.38. The summed E-state index contributed by atoms with van der Waals surface area (Å²) in [5.41, 5.74) is 5.98. The lowest BCUT2D eigenvalue weighted by Crippen LogP contribution is -2.30. The van der Waals surface area contributed by atoms with E-state index in [0.29, 0.717) is 11.3 Å². The number of anilines is 1. The minimum atomic E-state index is -1.14. The van der Waals surface area contributed by atoms with Crippen LogP contribution in [-0.4, -0.2) is 23.9 Å². The number of primary amides is 1. The molecule has 0 aliphatic rings. The Balaban J connectivity index is 1.64. The molecule has 0 fully saturated rings. The minimum Gasteiger partial charge on any atom is -0.449 e.